The zero-order valence-electron chi connectivity index (χ0n) is 16.3. The molecule has 3 heterocycles. The van der Waals surface area contributed by atoms with Crippen LogP contribution in [0, 0.1) is 5.92 Å². The number of anilines is 2. The summed E-state index contributed by atoms with van der Waals surface area (Å²) >= 11 is 0. The smallest absolute Gasteiger partial charge is 0.244 e. The molecule has 0 bridgehead atoms. The van der Waals surface area contributed by atoms with Crippen molar-refractivity contribution in [3.05, 3.63) is 12.4 Å². The predicted molar refractivity (Wildman–Crippen MR) is 102 cm³/mol. The number of carbonyl (C=O) groups excluding carboxylic acids is 1. The molecule has 7 nitrogen and oxygen atoms in total. The third kappa shape index (κ3) is 4.09. The standard InChI is InChI=1S/C19H31N5O2/c1-13(2)18-14(7-6-10-26-18)22-16-11-17(21-12-20-16)24-9-5-8-15(24)19(25)23(3)4/h11-15,18H,5-10H2,1-4H3,(H,20,21,22)/t14-,15+,18-/m0/s1. The van der Waals surface area contributed by atoms with E-state index in [0.717, 1.165) is 50.5 Å². The van der Waals surface area contributed by atoms with Gasteiger partial charge in [-0.05, 0) is 31.6 Å². The lowest BCUT2D eigenvalue weighted by Gasteiger charge is -2.35. The van der Waals surface area contributed by atoms with Crippen LogP contribution in [0.25, 0.3) is 0 Å². The number of nitrogens with one attached hydrogen (secondary N) is 1. The third-order valence-electron chi connectivity index (χ3n) is 5.28. The minimum absolute atomic E-state index is 0.130. The number of ether oxygens (including phenoxy) is 1. The van der Waals surface area contributed by atoms with E-state index in [4.69, 9.17) is 4.74 Å². The molecule has 2 aliphatic heterocycles. The highest BCUT2D eigenvalue weighted by Crippen LogP contribution is 2.28. The van der Waals surface area contributed by atoms with Crippen molar-refractivity contribution in [1.29, 1.82) is 0 Å². The first kappa shape index (κ1) is 18.9. The van der Waals surface area contributed by atoms with Crippen LogP contribution in [0.2, 0.25) is 0 Å². The summed E-state index contributed by atoms with van der Waals surface area (Å²) in [5.74, 6) is 2.21. The Morgan fingerprint density at radius 1 is 1.31 bits per heavy atom. The van der Waals surface area contributed by atoms with Crippen LogP contribution in [0.3, 0.4) is 0 Å². The van der Waals surface area contributed by atoms with Crippen molar-refractivity contribution < 1.29 is 9.53 Å². The summed E-state index contributed by atoms with van der Waals surface area (Å²) in [4.78, 5) is 25.1. The molecule has 1 amide bonds. The molecule has 2 saturated heterocycles. The van der Waals surface area contributed by atoms with E-state index in [1.165, 1.54) is 0 Å². The van der Waals surface area contributed by atoms with Gasteiger partial charge < -0.3 is 19.9 Å². The summed E-state index contributed by atoms with van der Waals surface area (Å²) in [6.07, 6.45) is 5.79. The van der Waals surface area contributed by atoms with E-state index in [1.807, 2.05) is 6.07 Å². The predicted octanol–water partition coefficient (Wildman–Crippen LogP) is 2.15. The second kappa shape index (κ2) is 8.20. The van der Waals surface area contributed by atoms with Crippen molar-refractivity contribution in [2.75, 3.05) is 37.5 Å². The monoisotopic (exact) mass is 361 g/mol. The van der Waals surface area contributed by atoms with Gasteiger partial charge in [-0.15, -0.1) is 0 Å². The van der Waals surface area contributed by atoms with Gasteiger partial charge in [0.1, 0.15) is 24.0 Å². The van der Waals surface area contributed by atoms with Gasteiger partial charge >= 0.3 is 0 Å². The fourth-order valence-electron chi connectivity index (χ4n) is 3.98. The van der Waals surface area contributed by atoms with E-state index in [0.29, 0.717) is 5.92 Å². The maximum absolute atomic E-state index is 12.5. The van der Waals surface area contributed by atoms with E-state index in [2.05, 4.69) is 34.0 Å². The van der Waals surface area contributed by atoms with Gasteiger partial charge in [0.15, 0.2) is 0 Å². The van der Waals surface area contributed by atoms with Crippen molar-refractivity contribution in [2.24, 2.45) is 5.92 Å². The van der Waals surface area contributed by atoms with Crippen molar-refractivity contribution in [1.82, 2.24) is 14.9 Å². The molecule has 2 aliphatic rings. The molecule has 0 radical (unpaired) electrons. The molecule has 1 N–H and O–H groups in total. The van der Waals surface area contributed by atoms with Gasteiger partial charge in [-0.1, -0.05) is 13.8 Å². The van der Waals surface area contributed by atoms with E-state index in [-0.39, 0.29) is 24.1 Å². The Morgan fingerprint density at radius 3 is 2.85 bits per heavy atom. The molecular weight excluding hydrogens is 330 g/mol. The van der Waals surface area contributed by atoms with Crippen molar-refractivity contribution in [3.8, 4) is 0 Å². The third-order valence-corrected chi connectivity index (χ3v) is 5.28. The Hall–Kier alpha value is -1.89. The molecule has 3 rings (SSSR count). The van der Waals surface area contributed by atoms with Gasteiger partial charge in [-0.3, -0.25) is 4.79 Å². The molecular formula is C19H31N5O2. The van der Waals surface area contributed by atoms with E-state index in [9.17, 15) is 4.79 Å². The van der Waals surface area contributed by atoms with Crippen molar-refractivity contribution in [2.45, 2.75) is 57.7 Å². The molecule has 1 aromatic rings. The average Bonchev–Trinajstić information content (AvgIpc) is 3.11. The van der Waals surface area contributed by atoms with Crippen molar-refractivity contribution in [3.63, 3.8) is 0 Å². The van der Waals surface area contributed by atoms with E-state index >= 15 is 0 Å². The molecule has 3 atom stereocenters. The molecule has 0 aromatic carbocycles. The number of hydrogen-bond acceptors (Lipinski definition) is 6. The topological polar surface area (TPSA) is 70.6 Å². The normalized spacial score (nSPS) is 26.2. The highest BCUT2D eigenvalue weighted by Gasteiger charge is 2.33. The summed E-state index contributed by atoms with van der Waals surface area (Å²) in [6, 6.07) is 2.09. The molecule has 0 unspecified atom stereocenters. The summed E-state index contributed by atoms with van der Waals surface area (Å²) in [6.45, 7) is 6.07. The van der Waals surface area contributed by atoms with E-state index < -0.39 is 0 Å². The van der Waals surface area contributed by atoms with Crippen LogP contribution in [0.1, 0.15) is 39.5 Å². The number of hydrogen-bond donors (Lipinski definition) is 1. The Balaban J connectivity index is 1.74. The number of nitrogens with zero attached hydrogens (tertiary/aromatic N) is 4. The molecule has 1 aromatic heterocycles. The second-order valence-electron chi connectivity index (χ2n) is 7.82. The average molecular weight is 361 g/mol. The Kier molecular flexibility index (Phi) is 5.96. The lowest BCUT2D eigenvalue weighted by molar-refractivity contribution is -0.129. The molecule has 26 heavy (non-hydrogen) atoms. The maximum atomic E-state index is 12.5. The maximum Gasteiger partial charge on any atom is 0.244 e. The van der Waals surface area contributed by atoms with Gasteiger partial charge in [-0.2, -0.15) is 0 Å². The summed E-state index contributed by atoms with van der Waals surface area (Å²) in [5, 5.41) is 3.54. The van der Waals surface area contributed by atoms with Gasteiger partial charge in [0.2, 0.25) is 5.91 Å². The number of likely N-dealkylation sites (N-methyl/N-ethyl adjacent to an activating group) is 1. The quantitative estimate of drug-likeness (QED) is 0.866. The van der Waals surface area contributed by atoms with Crippen molar-refractivity contribution >= 4 is 17.5 Å². The van der Waals surface area contributed by atoms with Crippen LogP contribution >= 0.6 is 0 Å². The first-order chi connectivity index (χ1) is 12.5. The Bertz CT molecular complexity index is 622. The van der Waals surface area contributed by atoms with Crippen LogP contribution in [0.4, 0.5) is 11.6 Å². The fraction of sp³-hybridized carbons (Fsp3) is 0.737. The van der Waals surface area contributed by atoms with Gasteiger partial charge in [0.25, 0.3) is 0 Å². The first-order valence-electron chi connectivity index (χ1n) is 9.65. The lowest BCUT2D eigenvalue weighted by atomic mass is 9.94. The zero-order valence-corrected chi connectivity index (χ0v) is 16.3. The number of rotatable bonds is 5. The minimum Gasteiger partial charge on any atom is -0.376 e. The van der Waals surface area contributed by atoms with Crippen LogP contribution in [-0.2, 0) is 9.53 Å². The number of amides is 1. The molecule has 144 valence electrons. The van der Waals surface area contributed by atoms with Gasteiger partial charge in [0, 0.05) is 33.3 Å². The largest absolute Gasteiger partial charge is 0.376 e. The first-order valence-corrected chi connectivity index (χ1v) is 9.65. The summed E-state index contributed by atoms with van der Waals surface area (Å²) in [5.41, 5.74) is 0. The van der Waals surface area contributed by atoms with Crippen LogP contribution in [0.5, 0.6) is 0 Å². The number of aromatic nitrogens is 2. The Labute approximate surface area is 156 Å². The summed E-state index contributed by atoms with van der Waals surface area (Å²) < 4.78 is 5.96. The molecule has 0 aliphatic carbocycles. The second-order valence-corrected chi connectivity index (χ2v) is 7.82. The zero-order chi connectivity index (χ0) is 18.7. The molecule has 0 spiro atoms. The molecule has 2 fully saturated rings. The van der Waals surface area contributed by atoms with E-state index in [1.54, 1.807) is 25.3 Å². The number of carbonyl (C=O) groups is 1. The molecule has 0 saturated carbocycles. The Morgan fingerprint density at radius 2 is 2.12 bits per heavy atom. The fourth-order valence-corrected chi connectivity index (χ4v) is 3.98. The lowest BCUT2D eigenvalue weighted by Crippen LogP contribution is -2.44. The minimum atomic E-state index is -0.130. The van der Waals surface area contributed by atoms with Crippen LogP contribution in [-0.4, -0.2) is 66.2 Å². The van der Waals surface area contributed by atoms with Crippen LogP contribution in [0.15, 0.2) is 12.4 Å². The highest BCUT2D eigenvalue weighted by atomic mass is 16.5. The van der Waals surface area contributed by atoms with Crippen LogP contribution < -0.4 is 10.2 Å². The highest BCUT2D eigenvalue weighted by molar-refractivity contribution is 5.85. The molecule has 7 heteroatoms. The van der Waals surface area contributed by atoms with Gasteiger partial charge in [0.05, 0.1) is 12.1 Å². The summed E-state index contributed by atoms with van der Waals surface area (Å²) in [7, 11) is 3.61. The SMILES string of the molecule is CC(C)[C@@H]1OCCC[C@@H]1Nc1cc(N2CCC[C@@H]2C(=O)N(C)C)ncn1. The van der Waals surface area contributed by atoms with Gasteiger partial charge in [-0.25, -0.2) is 9.97 Å².